The van der Waals surface area contributed by atoms with Crippen LogP contribution in [0.15, 0.2) is 42.6 Å². The van der Waals surface area contributed by atoms with Crippen LogP contribution in [-0.4, -0.2) is 52.5 Å². The summed E-state index contributed by atoms with van der Waals surface area (Å²) in [5.74, 6) is -1.55. The van der Waals surface area contributed by atoms with Crippen molar-refractivity contribution in [3.05, 3.63) is 59.4 Å². The van der Waals surface area contributed by atoms with Crippen LogP contribution < -0.4 is 10.1 Å². The van der Waals surface area contributed by atoms with E-state index in [9.17, 15) is 19.2 Å². The summed E-state index contributed by atoms with van der Waals surface area (Å²) in [6.07, 6.45) is 3.75. The summed E-state index contributed by atoms with van der Waals surface area (Å²) < 4.78 is 11.3. The fourth-order valence-electron chi connectivity index (χ4n) is 2.98. The van der Waals surface area contributed by atoms with Crippen molar-refractivity contribution in [2.24, 2.45) is 0 Å². The highest BCUT2D eigenvalue weighted by atomic mass is 32.2. The normalized spacial score (nSPS) is 12.3. The molecule has 0 spiro atoms. The minimum absolute atomic E-state index is 0.00813. The van der Waals surface area contributed by atoms with E-state index >= 15 is 0 Å². The number of aliphatic carboxylic acids is 1. The molecule has 2 amide bonds. The highest BCUT2D eigenvalue weighted by Gasteiger charge is 2.21. The first-order chi connectivity index (χ1) is 16.4. The molecule has 1 heterocycles. The minimum Gasteiger partial charge on any atom is -0.489 e. The second kappa shape index (κ2) is 14.0. The Labute approximate surface area is 202 Å². The molecular formula is C24H28N2O7S. The maximum absolute atomic E-state index is 12.1. The number of thioether (sulfide) groups is 1. The number of ether oxygens (including phenoxy) is 2. The Kier molecular flexibility index (Phi) is 11.0. The number of aromatic nitrogens is 1. The van der Waals surface area contributed by atoms with Crippen LogP contribution in [0.1, 0.15) is 42.7 Å². The van der Waals surface area contributed by atoms with Gasteiger partial charge in [-0.2, -0.15) is 11.8 Å². The second-order valence-electron chi connectivity index (χ2n) is 7.33. The van der Waals surface area contributed by atoms with Crippen molar-refractivity contribution >= 4 is 36.0 Å². The van der Waals surface area contributed by atoms with E-state index in [2.05, 4.69) is 10.3 Å². The Bertz CT molecular complexity index is 964. The summed E-state index contributed by atoms with van der Waals surface area (Å²) in [7, 11) is 0. The molecule has 0 aliphatic carbocycles. The van der Waals surface area contributed by atoms with Gasteiger partial charge in [-0.15, -0.1) is 0 Å². The number of nitrogens with one attached hydrogen (secondary N) is 1. The van der Waals surface area contributed by atoms with Gasteiger partial charge in [0, 0.05) is 6.20 Å². The van der Waals surface area contributed by atoms with E-state index in [1.54, 1.807) is 30.7 Å². The van der Waals surface area contributed by atoms with Crippen LogP contribution >= 0.6 is 11.8 Å². The summed E-state index contributed by atoms with van der Waals surface area (Å²) in [4.78, 5) is 49.6. The summed E-state index contributed by atoms with van der Waals surface area (Å²) in [6, 6.07) is 10.7. The molecule has 0 aliphatic rings. The van der Waals surface area contributed by atoms with Crippen molar-refractivity contribution in [1.82, 2.24) is 10.3 Å². The molecule has 0 fully saturated rings. The molecule has 2 aromatic rings. The number of aryl methyl sites for hydroxylation is 1. The number of nitrogens with zero attached hydrogens (tertiary/aromatic N) is 1. The molecule has 1 aromatic carbocycles. The zero-order chi connectivity index (χ0) is 24.9. The van der Waals surface area contributed by atoms with E-state index in [0.717, 1.165) is 17.5 Å². The second-order valence-corrected chi connectivity index (χ2v) is 8.37. The van der Waals surface area contributed by atoms with Gasteiger partial charge in [0.15, 0.2) is 6.10 Å². The number of benzene rings is 1. The third-order valence-electron chi connectivity index (χ3n) is 4.93. The predicted octanol–water partition coefficient (Wildman–Crippen LogP) is 2.72. The SMILES string of the molecule is CCc1ccc(C(COc2ccc(CC(SC)C(=O)NC=O)cc2)OC(=O)CCC(=O)O)nc1. The van der Waals surface area contributed by atoms with Gasteiger partial charge in [-0.3, -0.25) is 29.5 Å². The minimum atomic E-state index is -1.08. The number of carboxylic acids is 1. The van der Waals surface area contributed by atoms with Gasteiger partial charge in [0.25, 0.3) is 0 Å². The Morgan fingerprint density at radius 3 is 2.38 bits per heavy atom. The van der Waals surface area contributed by atoms with Crippen LogP contribution in [0.2, 0.25) is 0 Å². The van der Waals surface area contributed by atoms with Gasteiger partial charge in [-0.25, -0.2) is 0 Å². The highest BCUT2D eigenvalue weighted by Crippen LogP contribution is 2.22. The molecule has 9 nitrogen and oxygen atoms in total. The molecule has 182 valence electrons. The smallest absolute Gasteiger partial charge is 0.307 e. The molecule has 10 heteroatoms. The highest BCUT2D eigenvalue weighted by molar-refractivity contribution is 7.99. The van der Waals surface area contributed by atoms with Gasteiger partial charge >= 0.3 is 11.9 Å². The Morgan fingerprint density at radius 1 is 1.12 bits per heavy atom. The Hall–Kier alpha value is -3.40. The molecule has 0 saturated carbocycles. The van der Waals surface area contributed by atoms with Gasteiger partial charge in [-0.1, -0.05) is 25.1 Å². The lowest BCUT2D eigenvalue weighted by Gasteiger charge is -2.19. The number of pyridine rings is 1. The molecule has 0 bridgehead atoms. The number of esters is 1. The van der Waals surface area contributed by atoms with Crippen molar-refractivity contribution in [2.45, 2.75) is 44.0 Å². The molecule has 2 N–H and O–H groups in total. The maximum Gasteiger partial charge on any atom is 0.307 e. The van der Waals surface area contributed by atoms with Crippen LogP contribution in [0, 0.1) is 0 Å². The van der Waals surface area contributed by atoms with Crippen molar-refractivity contribution in [3.8, 4) is 5.75 Å². The van der Waals surface area contributed by atoms with E-state index < -0.39 is 23.3 Å². The van der Waals surface area contributed by atoms with Crippen LogP contribution in [0.5, 0.6) is 5.75 Å². The standard InChI is InChI=1S/C24H28N2O7S/c1-3-16-6-9-19(25-13-16)20(33-23(30)11-10-22(28)29)14-32-18-7-4-17(5-8-18)12-21(34-2)24(31)26-15-27/h4-9,13,15,20-21H,3,10-12,14H2,1-2H3,(H,28,29)(H,26,27,31). The molecule has 2 rings (SSSR count). The first kappa shape index (κ1) is 26.8. The zero-order valence-corrected chi connectivity index (χ0v) is 19.9. The van der Waals surface area contributed by atoms with Crippen molar-refractivity contribution in [3.63, 3.8) is 0 Å². The van der Waals surface area contributed by atoms with Crippen LogP contribution in [0.3, 0.4) is 0 Å². The number of carbonyl (C=O) groups excluding carboxylic acids is 3. The van der Waals surface area contributed by atoms with Gasteiger partial charge in [0.2, 0.25) is 12.3 Å². The fraction of sp³-hybridized carbons (Fsp3) is 0.375. The monoisotopic (exact) mass is 488 g/mol. The molecule has 2 atom stereocenters. The molecule has 0 aliphatic heterocycles. The third-order valence-corrected chi connectivity index (χ3v) is 5.88. The lowest BCUT2D eigenvalue weighted by atomic mass is 10.1. The Balaban J connectivity index is 2.04. The van der Waals surface area contributed by atoms with E-state index in [4.69, 9.17) is 14.6 Å². The van der Waals surface area contributed by atoms with Crippen molar-refractivity contribution < 1.29 is 33.8 Å². The van der Waals surface area contributed by atoms with Gasteiger partial charge in [0.1, 0.15) is 12.4 Å². The van der Waals surface area contributed by atoms with Gasteiger partial charge < -0.3 is 14.6 Å². The number of imide groups is 1. The molecular weight excluding hydrogens is 460 g/mol. The lowest BCUT2D eigenvalue weighted by Crippen LogP contribution is -2.32. The van der Waals surface area contributed by atoms with E-state index in [1.165, 1.54) is 11.8 Å². The summed E-state index contributed by atoms with van der Waals surface area (Å²) in [6.45, 7) is 1.99. The maximum atomic E-state index is 12.1. The van der Waals surface area contributed by atoms with Crippen LogP contribution in [0.4, 0.5) is 0 Å². The van der Waals surface area contributed by atoms with Gasteiger partial charge in [-0.05, 0) is 48.4 Å². The molecule has 2 unspecified atom stereocenters. The van der Waals surface area contributed by atoms with Crippen molar-refractivity contribution in [2.75, 3.05) is 12.9 Å². The molecule has 0 radical (unpaired) electrons. The van der Waals surface area contributed by atoms with E-state index in [-0.39, 0.29) is 25.4 Å². The quantitative estimate of drug-likeness (QED) is 0.304. The van der Waals surface area contributed by atoms with Crippen molar-refractivity contribution in [1.29, 1.82) is 0 Å². The summed E-state index contributed by atoms with van der Waals surface area (Å²) >= 11 is 1.35. The summed E-state index contributed by atoms with van der Waals surface area (Å²) in [5, 5.41) is 10.6. The summed E-state index contributed by atoms with van der Waals surface area (Å²) in [5.41, 5.74) is 2.42. The number of hydrogen-bond donors (Lipinski definition) is 2. The fourth-order valence-corrected chi connectivity index (χ4v) is 3.62. The average molecular weight is 489 g/mol. The topological polar surface area (TPSA) is 132 Å². The molecule has 34 heavy (non-hydrogen) atoms. The molecule has 1 aromatic heterocycles. The number of carboxylic acid groups (broad SMARTS) is 1. The predicted molar refractivity (Wildman–Crippen MR) is 126 cm³/mol. The van der Waals surface area contributed by atoms with Crippen LogP contribution in [0.25, 0.3) is 0 Å². The number of rotatable bonds is 14. The first-order valence-corrected chi connectivity index (χ1v) is 12.0. The van der Waals surface area contributed by atoms with Gasteiger partial charge in [0.05, 0.1) is 23.8 Å². The molecule has 0 saturated heterocycles. The van der Waals surface area contributed by atoms with Crippen LogP contribution in [-0.2, 0) is 36.8 Å². The Morgan fingerprint density at radius 2 is 1.82 bits per heavy atom. The van der Waals surface area contributed by atoms with E-state index in [1.807, 2.05) is 25.1 Å². The number of carbonyl (C=O) groups is 4. The third kappa shape index (κ3) is 8.86. The average Bonchev–Trinajstić information content (AvgIpc) is 2.84. The number of hydrogen-bond acceptors (Lipinski definition) is 8. The largest absolute Gasteiger partial charge is 0.489 e. The zero-order valence-electron chi connectivity index (χ0n) is 19.1. The number of amides is 2. The van der Waals surface area contributed by atoms with E-state index in [0.29, 0.717) is 24.3 Å². The lowest BCUT2D eigenvalue weighted by molar-refractivity contribution is -0.153. The first-order valence-electron chi connectivity index (χ1n) is 10.7.